The van der Waals surface area contributed by atoms with Crippen LogP contribution in [0.25, 0.3) is 0 Å². The number of hydrogen-bond acceptors (Lipinski definition) is 4. The highest BCUT2D eigenvalue weighted by Gasteiger charge is 2.28. The fraction of sp³-hybridized carbons (Fsp3) is 0.833. The lowest BCUT2D eigenvalue weighted by atomic mass is 10.1. The van der Waals surface area contributed by atoms with E-state index >= 15 is 0 Å². The number of hydrogen-bond donors (Lipinski definition) is 2. The maximum absolute atomic E-state index is 10.9. The molecule has 0 heterocycles. The number of quaternary nitrogens is 1. The molecule has 0 radical (unpaired) electrons. The minimum atomic E-state index is -1.19. The van der Waals surface area contributed by atoms with Gasteiger partial charge in [-0.05, 0) is 12.8 Å². The molecule has 0 unspecified atom stereocenters. The van der Waals surface area contributed by atoms with Crippen molar-refractivity contribution in [2.75, 3.05) is 26.2 Å². The zero-order valence-corrected chi connectivity index (χ0v) is 15.4. The first-order chi connectivity index (χ1) is 11.8. The van der Waals surface area contributed by atoms with Gasteiger partial charge in [-0.3, -0.25) is 9.59 Å². The second-order valence-corrected chi connectivity index (χ2v) is 6.77. The van der Waals surface area contributed by atoms with Crippen LogP contribution in [0.5, 0.6) is 0 Å². The van der Waals surface area contributed by atoms with Crippen molar-refractivity contribution in [2.45, 2.75) is 71.1 Å². The SMILES string of the molecule is CCCCCCCCC[N+](CCC(=O)[O-])(CCC(=O)O)CCC(=O)O. The lowest BCUT2D eigenvalue weighted by molar-refractivity contribution is -0.927. The third-order valence-electron chi connectivity index (χ3n) is 4.63. The fourth-order valence-electron chi connectivity index (χ4n) is 3.07. The second-order valence-electron chi connectivity index (χ2n) is 6.77. The van der Waals surface area contributed by atoms with E-state index in [0.717, 1.165) is 25.7 Å². The Morgan fingerprint density at radius 1 is 0.720 bits per heavy atom. The molecule has 0 bridgehead atoms. The van der Waals surface area contributed by atoms with Gasteiger partial charge in [0.15, 0.2) is 0 Å². The summed E-state index contributed by atoms with van der Waals surface area (Å²) in [6.45, 7) is 3.51. The summed E-state index contributed by atoms with van der Waals surface area (Å²) in [4.78, 5) is 32.7. The summed E-state index contributed by atoms with van der Waals surface area (Å²) in [5.74, 6) is -3.09. The summed E-state index contributed by atoms with van der Waals surface area (Å²) in [7, 11) is 0. The van der Waals surface area contributed by atoms with E-state index in [4.69, 9.17) is 10.2 Å². The first kappa shape index (κ1) is 23.4. The maximum atomic E-state index is 10.9. The summed E-state index contributed by atoms with van der Waals surface area (Å²) in [6, 6.07) is 0. The molecule has 2 N–H and O–H groups in total. The lowest BCUT2D eigenvalue weighted by Gasteiger charge is -2.38. The van der Waals surface area contributed by atoms with Crippen molar-refractivity contribution < 1.29 is 34.2 Å². The van der Waals surface area contributed by atoms with Crippen molar-refractivity contribution in [1.29, 1.82) is 0 Å². The van der Waals surface area contributed by atoms with Crippen molar-refractivity contribution in [3.63, 3.8) is 0 Å². The van der Waals surface area contributed by atoms with Crippen LogP contribution in [0, 0.1) is 0 Å². The predicted molar refractivity (Wildman–Crippen MR) is 91.9 cm³/mol. The van der Waals surface area contributed by atoms with E-state index in [0.29, 0.717) is 6.54 Å². The molecule has 0 amide bonds. The molecule has 25 heavy (non-hydrogen) atoms. The minimum absolute atomic E-state index is 0.0941. The monoisotopic (exact) mass is 359 g/mol. The van der Waals surface area contributed by atoms with Crippen LogP contribution >= 0.6 is 0 Å². The van der Waals surface area contributed by atoms with Crippen molar-refractivity contribution in [2.24, 2.45) is 0 Å². The Morgan fingerprint density at radius 2 is 1.16 bits per heavy atom. The van der Waals surface area contributed by atoms with Crippen LogP contribution in [0.1, 0.15) is 71.1 Å². The maximum Gasteiger partial charge on any atom is 0.309 e. The Balaban J connectivity index is 4.68. The van der Waals surface area contributed by atoms with Crippen LogP contribution in [0.3, 0.4) is 0 Å². The van der Waals surface area contributed by atoms with Crippen LogP contribution in [0.2, 0.25) is 0 Å². The quantitative estimate of drug-likeness (QED) is 0.301. The molecule has 0 aliphatic rings. The Kier molecular flexibility index (Phi) is 12.7. The number of carbonyl (C=O) groups excluding carboxylic acids is 1. The van der Waals surface area contributed by atoms with E-state index in [1.165, 1.54) is 19.3 Å². The number of carboxylic acid groups (broad SMARTS) is 3. The zero-order chi connectivity index (χ0) is 19.1. The highest BCUT2D eigenvalue weighted by atomic mass is 16.4. The molecule has 0 aromatic carbocycles. The standard InChI is InChI=1S/C18H33NO6/c1-2-3-4-5-6-7-8-12-19(13-9-16(20)21,14-10-17(22)23)15-11-18(24)25/h2-15H2,1H3,(H2-,20,21,22,23,24,25). The molecule has 0 saturated heterocycles. The number of aliphatic carboxylic acids is 3. The molecular weight excluding hydrogens is 326 g/mol. The van der Waals surface area contributed by atoms with E-state index in [2.05, 4.69) is 6.92 Å². The van der Waals surface area contributed by atoms with E-state index in [-0.39, 0.29) is 43.4 Å². The third-order valence-corrected chi connectivity index (χ3v) is 4.63. The highest BCUT2D eigenvalue weighted by Crippen LogP contribution is 2.16. The summed E-state index contributed by atoms with van der Waals surface area (Å²) in [6.07, 6.45) is 7.35. The normalized spacial score (nSPS) is 11.4. The number of carboxylic acids is 3. The van der Waals surface area contributed by atoms with Crippen molar-refractivity contribution in [3.05, 3.63) is 0 Å². The van der Waals surface area contributed by atoms with Gasteiger partial charge in [0.1, 0.15) is 0 Å². The number of rotatable bonds is 17. The van der Waals surface area contributed by atoms with E-state index in [1.54, 1.807) is 0 Å². The van der Waals surface area contributed by atoms with Crippen molar-refractivity contribution in [3.8, 4) is 0 Å². The fourth-order valence-corrected chi connectivity index (χ4v) is 3.07. The number of unbranched alkanes of at least 4 members (excludes halogenated alkanes) is 6. The minimum Gasteiger partial charge on any atom is -0.550 e. The van der Waals surface area contributed by atoms with Crippen molar-refractivity contribution >= 4 is 17.9 Å². The smallest absolute Gasteiger partial charge is 0.309 e. The predicted octanol–water partition coefficient (Wildman–Crippen LogP) is 1.64. The van der Waals surface area contributed by atoms with E-state index in [9.17, 15) is 19.5 Å². The highest BCUT2D eigenvalue weighted by molar-refractivity contribution is 5.67. The molecule has 0 rings (SSSR count). The van der Waals surface area contributed by atoms with Crippen molar-refractivity contribution in [1.82, 2.24) is 0 Å². The first-order valence-electron chi connectivity index (χ1n) is 9.30. The van der Waals surface area contributed by atoms with Crippen LogP contribution in [0.15, 0.2) is 0 Å². The van der Waals surface area contributed by atoms with E-state index in [1.807, 2.05) is 0 Å². The third kappa shape index (κ3) is 13.3. The van der Waals surface area contributed by atoms with Gasteiger partial charge in [0.2, 0.25) is 0 Å². The average Bonchev–Trinajstić information content (AvgIpc) is 2.54. The molecule has 0 atom stereocenters. The van der Waals surface area contributed by atoms with Gasteiger partial charge < -0.3 is 24.6 Å². The largest absolute Gasteiger partial charge is 0.550 e. The molecule has 0 aliphatic heterocycles. The van der Waals surface area contributed by atoms with Crippen LogP contribution in [-0.2, 0) is 14.4 Å². The molecular formula is C18H33NO6. The molecule has 0 fully saturated rings. The molecule has 0 aromatic rings. The number of nitrogens with zero attached hydrogens (tertiary/aromatic N) is 1. The number of carbonyl (C=O) groups is 3. The van der Waals surface area contributed by atoms with Crippen LogP contribution in [0.4, 0.5) is 0 Å². The molecule has 0 aromatic heterocycles. The summed E-state index contributed by atoms with van der Waals surface area (Å²) in [5.41, 5.74) is 0. The lowest BCUT2D eigenvalue weighted by Crippen LogP contribution is -2.53. The zero-order valence-electron chi connectivity index (χ0n) is 15.4. The van der Waals surface area contributed by atoms with Gasteiger partial charge in [0.25, 0.3) is 0 Å². The van der Waals surface area contributed by atoms with Gasteiger partial charge >= 0.3 is 11.9 Å². The molecule has 0 spiro atoms. The molecule has 7 heteroatoms. The van der Waals surface area contributed by atoms with Gasteiger partial charge in [-0.15, -0.1) is 0 Å². The van der Waals surface area contributed by atoms with Gasteiger partial charge in [0, 0.05) is 12.4 Å². The van der Waals surface area contributed by atoms with Gasteiger partial charge in [-0.1, -0.05) is 39.0 Å². The van der Waals surface area contributed by atoms with Crippen LogP contribution in [-0.4, -0.2) is 58.8 Å². The van der Waals surface area contributed by atoms with Gasteiger partial charge in [-0.2, -0.15) is 0 Å². The Morgan fingerprint density at radius 3 is 1.60 bits per heavy atom. The van der Waals surface area contributed by atoms with Gasteiger partial charge in [-0.25, -0.2) is 0 Å². The van der Waals surface area contributed by atoms with Gasteiger partial charge in [0.05, 0.1) is 39.0 Å². The molecule has 7 nitrogen and oxygen atoms in total. The molecule has 146 valence electrons. The Labute approximate surface area is 150 Å². The second kappa shape index (κ2) is 13.6. The summed E-state index contributed by atoms with van der Waals surface area (Å²) >= 11 is 0. The Hall–Kier alpha value is -1.63. The Bertz CT molecular complexity index is 365. The topological polar surface area (TPSA) is 115 Å². The summed E-state index contributed by atoms with van der Waals surface area (Å²) in [5, 5.41) is 28.8. The molecule has 0 aliphatic carbocycles. The van der Waals surface area contributed by atoms with E-state index < -0.39 is 17.9 Å². The van der Waals surface area contributed by atoms with Crippen LogP contribution < -0.4 is 5.11 Å². The summed E-state index contributed by atoms with van der Waals surface area (Å²) < 4.78 is 0.224. The average molecular weight is 359 g/mol. The molecule has 0 saturated carbocycles. The first-order valence-corrected chi connectivity index (χ1v) is 9.30.